The molecule has 0 aliphatic heterocycles. The zero-order valence-electron chi connectivity index (χ0n) is 31.5. The number of para-hydroxylation sites is 1. The van der Waals surface area contributed by atoms with E-state index in [0.29, 0.717) is 0 Å². The van der Waals surface area contributed by atoms with Gasteiger partial charge in [0, 0.05) is 16.9 Å². The highest BCUT2D eigenvalue weighted by molar-refractivity contribution is 6.22. The zero-order chi connectivity index (χ0) is 38.0. The first-order valence-corrected chi connectivity index (χ1v) is 19.6. The molecular formula is C56H39N. The summed E-state index contributed by atoms with van der Waals surface area (Å²) >= 11 is 0. The van der Waals surface area contributed by atoms with E-state index in [0.717, 1.165) is 22.6 Å². The Bertz CT molecular complexity index is 2970. The first-order valence-electron chi connectivity index (χ1n) is 19.6. The smallest absolute Gasteiger partial charge is 0.0540 e. The van der Waals surface area contributed by atoms with Crippen LogP contribution in [-0.2, 0) is 0 Å². The molecule has 0 N–H and O–H groups in total. The van der Waals surface area contributed by atoms with Gasteiger partial charge in [-0.2, -0.15) is 0 Å². The van der Waals surface area contributed by atoms with Crippen LogP contribution in [0.4, 0.5) is 17.1 Å². The number of rotatable bonds is 8. The Morgan fingerprint density at radius 3 is 1.35 bits per heavy atom. The third kappa shape index (κ3) is 6.46. The monoisotopic (exact) mass is 725 g/mol. The molecule has 0 radical (unpaired) electrons. The fourth-order valence-corrected chi connectivity index (χ4v) is 8.40. The molecule has 0 bridgehead atoms. The lowest BCUT2D eigenvalue weighted by Gasteiger charge is -2.28. The fourth-order valence-electron chi connectivity index (χ4n) is 8.40. The van der Waals surface area contributed by atoms with Gasteiger partial charge in [0.1, 0.15) is 0 Å². The van der Waals surface area contributed by atoms with Crippen molar-refractivity contribution in [3.63, 3.8) is 0 Å². The van der Waals surface area contributed by atoms with E-state index in [-0.39, 0.29) is 0 Å². The molecule has 1 heteroatoms. The van der Waals surface area contributed by atoms with Crippen molar-refractivity contribution in [1.29, 1.82) is 0 Å². The summed E-state index contributed by atoms with van der Waals surface area (Å²) in [4.78, 5) is 2.40. The van der Waals surface area contributed by atoms with Crippen molar-refractivity contribution in [2.75, 3.05) is 4.90 Å². The van der Waals surface area contributed by atoms with Crippen LogP contribution in [0.2, 0.25) is 0 Å². The van der Waals surface area contributed by atoms with Gasteiger partial charge in [0.2, 0.25) is 0 Å². The van der Waals surface area contributed by atoms with Gasteiger partial charge in [-0.1, -0.05) is 200 Å². The summed E-state index contributed by atoms with van der Waals surface area (Å²) in [6.07, 6.45) is 0. The quantitative estimate of drug-likeness (QED) is 0.141. The molecule has 0 fully saturated rings. The molecule has 57 heavy (non-hydrogen) atoms. The van der Waals surface area contributed by atoms with Gasteiger partial charge in [-0.05, 0) is 108 Å². The van der Waals surface area contributed by atoms with Crippen molar-refractivity contribution in [3.05, 3.63) is 237 Å². The molecule has 1 nitrogen and oxygen atoms in total. The van der Waals surface area contributed by atoms with Gasteiger partial charge >= 0.3 is 0 Å². The number of nitrogens with zero attached hydrogens (tertiary/aromatic N) is 1. The van der Waals surface area contributed by atoms with Gasteiger partial charge in [0.15, 0.2) is 0 Å². The maximum Gasteiger partial charge on any atom is 0.0540 e. The molecule has 0 aromatic heterocycles. The van der Waals surface area contributed by atoms with Gasteiger partial charge < -0.3 is 4.90 Å². The van der Waals surface area contributed by atoms with Gasteiger partial charge in [0.25, 0.3) is 0 Å². The molecule has 10 aromatic rings. The Labute approximate surface area is 334 Å². The molecule has 0 saturated heterocycles. The Balaban J connectivity index is 1.17. The molecule has 0 saturated carbocycles. The maximum atomic E-state index is 2.41. The molecule has 0 heterocycles. The van der Waals surface area contributed by atoms with Crippen LogP contribution in [0.25, 0.3) is 77.2 Å². The highest BCUT2D eigenvalue weighted by Gasteiger charge is 2.20. The number of hydrogen-bond acceptors (Lipinski definition) is 1. The second-order valence-electron chi connectivity index (χ2n) is 14.5. The second kappa shape index (κ2) is 15.0. The Kier molecular flexibility index (Phi) is 8.95. The number of anilines is 3. The van der Waals surface area contributed by atoms with Crippen LogP contribution in [0.15, 0.2) is 237 Å². The van der Waals surface area contributed by atoms with Gasteiger partial charge in [0.05, 0.1) is 5.69 Å². The molecular weight excluding hydrogens is 687 g/mol. The normalized spacial score (nSPS) is 11.2. The summed E-state index contributed by atoms with van der Waals surface area (Å²) in [5, 5.41) is 5.01. The van der Waals surface area contributed by atoms with E-state index in [1.165, 1.54) is 71.6 Å². The minimum atomic E-state index is 1.09. The summed E-state index contributed by atoms with van der Waals surface area (Å²) in [5.41, 5.74) is 15.3. The van der Waals surface area contributed by atoms with Crippen LogP contribution in [0.5, 0.6) is 0 Å². The van der Waals surface area contributed by atoms with E-state index in [1.807, 2.05) is 0 Å². The fraction of sp³-hybridized carbons (Fsp3) is 0. The lowest BCUT2D eigenvalue weighted by molar-refractivity contribution is 1.28. The van der Waals surface area contributed by atoms with Crippen LogP contribution in [-0.4, -0.2) is 0 Å². The first-order chi connectivity index (χ1) is 28.3. The molecule has 0 aliphatic rings. The standard InChI is InChI=1S/C56H39N/c1-5-18-40(19-6-1)41-32-35-47(36-33-41)57(54-31-16-15-28-49(54)42-20-7-2-8-21-42)48-27-17-26-45(38-48)46-34-37-51-50-29-13-14-30-52(50)55(43-22-9-3-10-23-43)56(53(51)39-46)44-24-11-4-12-25-44/h1-39H. The van der Waals surface area contributed by atoms with Crippen molar-refractivity contribution >= 4 is 38.6 Å². The van der Waals surface area contributed by atoms with E-state index in [1.54, 1.807) is 0 Å². The van der Waals surface area contributed by atoms with Crippen molar-refractivity contribution < 1.29 is 0 Å². The van der Waals surface area contributed by atoms with Crippen molar-refractivity contribution in [1.82, 2.24) is 0 Å². The van der Waals surface area contributed by atoms with Gasteiger partial charge in [-0.25, -0.2) is 0 Å². The average Bonchev–Trinajstić information content (AvgIpc) is 3.30. The number of hydrogen-bond donors (Lipinski definition) is 0. The summed E-state index contributed by atoms with van der Waals surface area (Å²) in [7, 11) is 0. The Morgan fingerprint density at radius 2 is 0.684 bits per heavy atom. The Morgan fingerprint density at radius 1 is 0.228 bits per heavy atom. The van der Waals surface area contributed by atoms with Gasteiger partial charge in [-0.15, -0.1) is 0 Å². The molecule has 0 unspecified atom stereocenters. The molecule has 268 valence electrons. The summed E-state index contributed by atoms with van der Waals surface area (Å²) in [5.74, 6) is 0. The van der Waals surface area contributed by atoms with Crippen molar-refractivity contribution in [2.24, 2.45) is 0 Å². The summed E-state index contributed by atoms with van der Waals surface area (Å²) < 4.78 is 0. The van der Waals surface area contributed by atoms with Crippen LogP contribution >= 0.6 is 0 Å². The van der Waals surface area contributed by atoms with Crippen molar-refractivity contribution in [2.45, 2.75) is 0 Å². The third-order valence-corrected chi connectivity index (χ3v) is 11.1. The second-order valence-corrected chi connectivity index (χ2v) is 14.5. The van der Waals surface area contributed by atoms with Crippen LogP contribution in [0, 0.1) is 0 Å². The van der Waals surface area contributed by atoms with E-state index < -0.39 is 0 Å². The number of benzene rings is 10. The topological polar surface area (TPSA) is 3.24 Å². The third-order valence-electron chi connectivity index (χ3n) is 11.1. The highest BCUT2D eigenvalue weighted by atomic mass is 15.1. The van der Waals surface area contributed by atoms with Gasteiger partial charge in [-0.3, -0.25) is 0 Å². The van der Waals surface area contributed by atoms with Crippen LogP contribution in [0.1, 0.15) is 0 Å². The maximum absolute atomic E-state index is 2.41. The van der Waals surface area contributed by atoms with Crippen LogP contribution < -0.4 is 4.90 Å². The summed E-state index contributed by atoms with van der Waals surface area (Å²) in [6.45, 7) is 0. The molecule has 0 aliphatic carbocycles. The predicted molar refractivity (Wildman–Crippen MR) is 243 cm³/mol. The van der Waals surface area contributed by atoms with E-state index in [2.05, 4.69) is 241 Å². The minimum absolute atomic E-state index is 1.09. The predicted octanol–water partition coefficient (Wildman–Crippen LogP) is 15.8. The summed E-state index contributed by atoms with van der Waals surface area (Å²) in [6, 6.07) is 85.6. The molecule has 0 spiro atoms. The largest absolute Gasteiger partial charge is 0.310 e. The molecule has 0 atom stereocenters. The zero-order valence-corrected chi connectivity index (χ0v) is 31.5. The minimum Gasteiger partial charge on any atom is -0.310 e. The van der Waals surface area contributed by atoms with E-state index in [9.17, 15) is 0 Å². The molecule has 10 rings (SSSR count). The lowest BCUT2D eigenvalue weighted by Crippen LogP contribution is -2.11. The Hall–Kier alpha value is -7.48. The van der Waals surface area contributed by atoms with E-state index in [4.69, 9.17) is 0 Å². The van der Waals surface area contributed by atoms with E-state index >= 15 is 0 Å². The highest BCUT2D eigenvalue weighted by Crippen LogP contribution is 2.46. The average molecular weight is 726 g/mol. The SMILES string of the molecule is c1ccc(-c2ccc(N(c3cccc(-c4ccc5c(c4)c(-c4ccccc4)c(-c4ccccc4)c4ccccc45)c3)c3ccccc3-c3ccccc3)cc2)cc1. The van der Waals surface area contributed by atoms with Crippen molar-refractivity contribution in [3.8, 4) is 55.6 Å². The van der Waals surface area contributed by atoms with Crippen LogP contribution in [0.3, 0.4) is 0 Å². The lowest BCUT2D eigenvalue weighted by atomic mass is 9.84. The number of fused-ring (bicyclic) bond motifs is 3. The first kappa shape index (κ1) is 34.0. The molecule has 10 aromatic carbocycles. The molecule has 0 amide bonds.